The Balaban J connectivity index is 2.02. The number of fused-ring (bicyclic) bond motifs is 1. The van der Waals surface area contributed by atoms with E-state index in [0.717, 1.165) is 24.2 Å². The second-order valence-electron chi connectivity index (χ2n) is 5.69. The molecule has 0 unspecified atom stereocenters. The smallest absolute Gasteiger partial charge is 0.246 e. The lowest BCUT2D eigenvalue weighted by atomic mass is 9.92. The Hall–Kier alpha value is -2.02. The van der Waals surface area contributed by atoms with Gasteiger partial charge in [-0.25, -0.2) is 0 Å². The van der Waals surface area contributed by atoms with E-state index in [1.807, 2.05) is 19.2 Å². The number of likely N-dealkylation sites (N-methyl/N-ethyl adjacent to an activating group) is 1. The average molecular weight is 269 g/mol. The van der Waals surface area contributed by atoms with Gasteiger partial charge in [0, 0.05) is 13.1 Å². The number of carbonyl (C=O) groups excluding carboxylic acids is 1. The molecule has 1 aliphatic heterocycles. The van der Waals surface area contributed by atoms with E-state index in [0.29, 0.717) is 18.2 Å². The predicted octanol–water partition coefficient (Wildman–Crippen LogP) is 2.67. The summed E-state index contributed by atoms with van der Waals surface area (Å²) in [7, 11) is 1.81. The number of nitrogens with zero attached hydrogens (tertiary/aromatic N) is 3. The van der Waals surface area contributed by atoms with Gasteiger partial charge < -0.3 is 9.80 Å². The van der Waals surface area contributed by atoms with E-state index in [1.54, 1.807) is 11.0 Å². The van der Waals surface area contributed by atoms with Crippen molar-refractivity contribution in [2.75, 3.05) is 23.4 Å². The Morgan fingerprint density at radius 2 is 1.95 bits per heavy atom. The summed E-state index contributed by atoms with van der Waals surface area (Å²) in [5, 5.41) is 9.10. The van der Waals surface area contributed by atoms with Crippen molar-refractivity contribution < 1.29 is 4.79 Å². The number of hydrogen-bond donors (Lipinski definition) is 0. The van der Waals surface area contributed by atoms with Crippen molar-refractivity contribution in [2.45, 2.75) is 38.1 Å². The van der Waals surface area contributed by atoms with Gasteiger partial charge in [-0.2, -0.15) is 5.26 Å². The fraction of sp³-hybridized carbons (Fsp3) is 0.500. The van der Waals surface area contributed by atoms with Gasteiger partial charge >= 0.3 is 0 Å². The lowest BCUT2D eigenvalue weighted by molar-refractivity contribution is -0.117. The molecule has 1 saturated carbocycles. The molecule has 104 valence electrons. The molecule has 0 radical (unpaired) electrons. The van der Waals surface area contributed by atoms with Gasteiger partial charge in [0.2, 0.25) is 5.91 Å². The van der Waals surface area contributed by atoms with Crippen LogP contribution in [0.5, 0.6) is 0 Å². The first-order valence-electron chi connectivity index (χ1n) is 7.28. The molecule has 0 saturated heterocycles. The molecule has 0 N–H and O–H groups in total. The summed E-state index contributed by atoms with van der Waals surface area (Å²) in [4.78, 5) is 16.1. The van der Waals surface area contributed by atoms with Crippen LogP contribution in [0, 0.1) is 11.3 Å². The Kier molecular flexibility index (Phi) is 3.35. The molecular weight excluding hydrogens is 250 g/mol. The Morgan fingerprint density at radius 1 is 1.20 bits per heavy atom. The maximum atomic E-state index is 12.2. The highest BCUT2D eigenvalue weighted by Gasteiger charge is 2.31. The van der Waals surface area contributed by atoms with E-state index in [9.17, 15) is 4.79 Å². The van der Waals surface area contributed by atoms with E-state index < -0.39 is 0 Å². The number of anilines is 2. The Labute approximate surface area is 119 Å². The number of rotatable bonds is 1. The summed E-state index contributed by atoms with van der Waals surface area (Å²) >= 11 is 0. The van der Waals surface area contributed by atoms with Crippen molar-refractivity contribution in [1.82, 2.24) is 0 Å². The minimum Gasteiger partial charge on any atom is -0.357 e. The highest BCUT2D eigenvalue weighted by atomic mass is 16.2. The summed E-state index contributed by atoms with van der Waals surface area (Å²) in [6.45, 7) is 0.434. The quantitative estimate of drug-likeness (QED) is 0.787. The van der Waals surface area contributed by atoms with Crippen molar-refractivity contribution in [1.29, 1.82) is 5.26 Å². The predicted molar refractivity (Wildman–Crippen MR) is 78.8 cm³/mol. The molecule has 0 atom stereocenters. The lowest BCUT2D eigenvalue weighted by Gasteiger charge is -2.41. The molecule has 4 heteroatoms. The normalized spacial score (nSPS) is 19.7. The summed E-state index contributed by atoms with van der Waals surface area (Å²) < 4.78 is 0. The average Bonchev–Trinajstić information content (AvgIpc) is 2.51. The van der Waals surface area contributed by atoms with Gasteiger partial charge in [-0.05, 0) is 31.0 Å². The molecule has 0 spiro atoms. The zero-order valence-corrected chi connectivity index (χ0v) is 11.8. The number of nitriles is 1. The van der Waals surface area contributed by atoms with Crippen molar-refractivity contribution >= 4 is 17.3 Å². The molecule has 2 aliphatic rings. The lowest BCUT2D eigenvalue weighted by Crippen LogP contribution is -2.49. The number of amides is 1. The third kappa shape index (κ3) is 2.14. The molecule has 1 aliphatic carbocycles. The molecule has 20 heavy (non-hydrogen) atoms. The summed E-state index contributed by atoms with van der Waals surface area (Å²) in [5.41, 5.74) is 2.62. The molecule has 1 aromatic carbocycles. The van der Waals surface area contributed by atoms with E-state index in [4.69, 9.17) is 5.26 Å². The van der Waals surface area contributed by atoms with Crippen LogP contribution in [-0.4, -0.2) is 25.5 Å². The molecule has 0 aromatic heterocycles. The molecule has 1 amide bonds. The summed E-state index contributed by atoms with van der Waals surface area (Å²) in [5.74, 6) is 0.132. The van der Waals surface area contributed by atoms with E-state index in [2.05, 4.69) is 11.0 Å². The fourth-order valence-corrected chi connectivity index (χ4v) is 3.30. The SMILES string of the molecule is CN1C(=O)CN(C2CCCCC2)c2cc(C#N)ccc21. The zero-order chi connectivity index (χ0) is 14.1. The van der Waals surface area contributed by atoms with E-state index >= 15 is 0 Å². The minimum atomic E-state index is 0.132. The molecule has 3 rings (SSSR count). The van der Waals surface area contributed by atoms with Gasteiger partial charge in [-0.15, -0.1) is 0 Å². The topological polar surface area (TPSA) is 47.3 Å². The Bertz CT molecular complexity index is 570. The fourth-order valence-electron chi connectivity index (χ4n) is 3.30. The summed E-state index contributed by atoms with van der Waals surface area (Å²) in [6.07, 6.45) is 6.06. The molecule has 1 heterocycles. The molecule has 0 bridgehead atoms. The summed E-state index contributed by atoms with van der Waals surface area (Å²) in [6, 6.07) is 8.23. The third-order valence-corrected chi connectivity index (χ3v) is 4.47. The number of benzene rings is 1. The number of hydrogen-bond acceptors (Lipinski definition) is 3. The maximum Gasteiger partial charge on any atom is 0.246 e. The monoisotopic (exact) mass is 269 g/mol. The first-order valence-corrected chi connectivity index (χ1v) is 7.28. The van der Waals surface area contributed by atoms with Gasteiger partial charge in [-0.3, -0.25) is 4.79 Å². The molecule has 4 nitrogen and oxygen atoms in total. The van der Waals surface area contributed by atoms with E-state index in [-0.39, 0.29) is 5.91 Å². The van der Waals surface area contributed by atoms with Gasteiger partial charge in [0.25, 0.3) is 0 Å². The van der Waals surface area contributed by atoms with Crippen LogP contribution in [0.1, 0.15) is 37.7 Å². The van der Waals surface area contributed by atoms with Crippen LogP contribution in [0.25, 0.3) is 0 Å². The standard InChI is InChI=1S/C16H19N3O/c1-18-14-8-7-12(10-17)9-15(14)19(11-16(18)20)13-5-3-2-4-6-13/h7-9,13H,2-6,11H2,1H3. The Morgan fingerprint density at radius 3 is 2.65 bits per heavy atom. The van der Waals surface area contributed by atoms with Crippen molar-refractivity contribution in [2.24, 2.45) is 0 Å². The van der Waals surface area contributed by atoms with Crippen LogP contribution in [-0.2, 0) is 4.79 Å². The van der Waals surface area contributed by atoms with Crippen LogP contribution in [0.2, 0.25) is 0 Å². The van der Waals surface area contributed by atoms with Gasteiger partial charge in [0.05, 0.1) is 29.6 Å². The van der Waals surface area contributed by atoms with Crippen LogP contribution in [0.4, 0.5) is 11.4 Å². The molecule has 1 fully saturated rings. The first kappa shape index (κ1) is 13.0. The molecule has 1 aromatic rings. The highest BCUT2D eigenvalue weighted by molar-refractivity contribution is 6.03. The van der Waals surface area contributed by atoms with Crippen molar-refractivity contribution in [3.8, 4) is 6.07 Å². The zero-order valence-electron chi connectivity index (χ0n) is 11.8. The van der Waals surface area contributed by atoms with Crippen molar-refractivity contribution in [3.63, 3.8) is 0 Å². The number of carbonyl (C=O) groups is 1. The first-order chi connectivity index (χ1) is 9.70. The second-order valence-corrected chi connectivity index (χ2v) is 5.69. The highest BCUT2D eigenvalue weighted by Crippen LogP contribution is 2.37. The maximum absolute atomic E-state index is 12.2. The third-order valence-electron chi connectivity index (χ3n) is 4.47. The van der Waals surface area contributed by atoms with Crippen LogP contribution in [0.3, 0.4) is 0 Å². The van der Waals surface area contributed by atoms with Crippen molar-refractivity contribution in [3.05, 3.63) is 23.8 Å². The van der Waals surface area contributed by atoms with Crippen LogP contribution >= 0.6 is 0 Å². The second kappa shape index (κ2) is 5.16. The van der Waals surface area contributed by atoms with Gasteiger partial charge in [0.1, 0.15) is 0 Å². The van der Waals surface area contributed by atoms with E-state index in [1.165, 1.54) is 19.3 Å². The van der Waals surface area contributed by atoms with Gasteiger partial charge in [0.15, 0.2) is 0 Å². The minimum absolute atomic E-state index is 0.132. The van der Waals surface area contributed by atoms with Crippen LogP contribution < -0.4 is 9.80 Å². The van der Waals surface area contributed by atoms with Crippen LogP contribution in [0.15, 0.2) is 18.2 Å². The molecular formula is C16H19N3O. The largest absolute Gasteiger partial charge is 0.357 e. The van der Waals surface area contributed by atoms with Gasteiger partial charge in [-0.1, -0.05) is 19.3 Å².